The lowest BCUT2D eigenvalue weighted by molar-refractivity contribution is -0.119. The molecule has 0 aliphatic carbocycles. The van der Waals surface area contributed by atoms with Gasteiger partial charge in [0.15, 0.2) is 0 Å². The summed E-state index contributed by atoms with van der Waals surface area (Å²) in [6.45, 7) is 12.2. The molecule has 0 spiro atoms. The number of hydrogen-bond acceptors (Lipinski definition) is 4. The van der Waals surface area contributed by atoms with Crippen molar-refractivity contribution in [2.75, 3.05) is 19.0 Å². The summed E-state index contributed by atoms with van der Waals surface area (Å²) < 4.78 is 22.2. The minimum atomic E-state index is -3.51. The largest absolute Gasteiger partial charge is 0.497 e. The van der Waals surface area contributed by atoms with Crippen LogP contribution in [0.1, 0.15) is 47.1 Å². The van der Waals surface area contributed by atoms with Crippen LogP contribution in [0.25, 0.3) is 0 Å². The van der Waals surface area contributed by atoms with Crippen LogP contribution < -0.4 is 20.6 Å². The van der Waals surface area contributed by atoms with Crippen molar-refractivity contribution in [2.24, 2.45) is 0 Å². The number of ether oxygens (including phenoxy) is 1. The molecule has 0 radical (unpaired) electrons. The van der Waals surface area contributed by atoms with Crippen molar-refractivity contribution in [2.45, 2.75) is 58.2 Å². The van der Waals surface area contributed by atoms with E-state index in [1.807, 2.05) is 71.9 Å². The highest BCUT2D eigenvalue weighted by molar-refractivity contribution is 6.91. The average molecular weight is 432 g/mol. The van der Waals surface area contributed by atoms with Gasteiger partial charge in [-0.1, -0.05) is 71.9 Å². The third-order valence-electron chi connectivity index (χ3n) is 5.29. The first-order valence-electron chi connectivity index (χ1n) is 10.2. The lowest BCUT2D eigenvalue weighted by atomic mass is 10.2. The maximum Gasteiger partial charge on any atom is 0.293 e. The maximum absolute atomic E-state index is 16.6. The second-order valence-corrected chi connectivity index (χ2v) is 14.4. The standard InChI is InChI=1S/C23H34FN3O2Si/c1-22(2,3)30(24,23(4,5)6)19-15-25-20(13-18(19)29-7)26-16-21(28)27-14-17-11-9-8-10-12-17/h8-13,15H,14,16H2,1-7H3,(H,25,26)(H,27,28). The summed E-state index contributed by atoms with van der Waals surface area (Å²) in [5.74, 6) is 0.795. The summed E-state index contributed by atoms with van der Waals surface area (Å²) in [5.41, 5.74) is 1.03. The molecule has 2 N–H and O–H groups in total. The van der Waals surface area contributed by atoms with Gasteiger partial charge in [0.05, 0.1) is 13.7 Å². The number of carbonyl (C=O) groups is 1. The molecule has 0 aliphatic rings. The predicted octanol–water partition coefficient (Wildman–Crippen LogP) is 4.54. The topological polar surface area (TPSA) is 63.2 Å². The van der Waals surface area contributed by atoms with Crippen molar-refractivity contribution in [3.05, 3.63) is 48.2 Å². The van der Waals surface area contributed by atoms with Gasteiger partial charge in [0.1, 0.15) is 11.6 Å². The number of amides is 1. The Kier molecular flexibility index (Phi) is 7.29. The van der Waals surface area contributed by atoms with Crippen LogP contribution in [0.2, 0.25) is 10.1 Å². The monoisotopic (exact) mass is 431 g/mol. The van der Waals surface area contributed by atoms with Crippen LogP contribution in [-0.4, -0.2) is 33.0 Å². The Morgan fingerprint density at radius 2 is 1.70 bits per heavy atom. The molecule has 7 heteroatoms. The minimum absolute atomic E-state index is 0.0685. The summed E-state index contributed by atoms with van der Waals surface area (Å²) in [6, 6.07) is 11.4. The highest BCUT2D eigenvalue weighted by Gasteiger charge is 2.58. The highest BCUT2D eigenvalue weighted by atomic mass is 28.4. The van der Waals surface area contributed by atoms with Gasteiger partial charge in [0.2, 0.25) is 5.91 Å². The van der Waals surface area contributed by atoms with E-state index in [-0.39, 0.29) is 12.5 Å². The predicted molar refractivity (Wildman–Crippen MR) is 123 cm³/mol. The van der Waals surface area contributed by atoms with Crippen LogP contribution in [0.4, 0.5) is 9.93 Å². The van der Waals surface area contributed by atoms with Gasteiger partial charge in [0.25, 0.3) is 8.41 Å². The first-order valence-corrected chi connectivity index (χ1v) is 12.1. The van der Waals surface area contributed by atoms with Crippen LogP contribution >= 0.6 is 0 Å². The number of halogens is 1. The van der Waals surface area contributed by atoms with Gasteiger partial charge in [-0.15, -0.1) is 0 Å². The summed E-state index contributed by atoms with van der Waals surface area (Å²) >= 11 is 0. The molecule has 2 rings (SSSR count). The van der Waals surface area contributed by atoms with Crippen LogP contribution in [0.15, 0.2) is 42.6 Å². The van der Waals surface area contributed by atoms with E-state index in [2.05, 4.69) is 15.6 Å². The Hall–Kier alpha value is -2.41. The number of nitrogens with one attached hydrogen (secondary N) is 2. The van der Waals surface area contributed by atoms with Gasteiger partial charge in [-0.05, 0) is 15.6 Å². The Bertz CT molecular complexity index is 847. The quantitative estimate of drug-likeness (QED) is 0.499. The second-order valence-electron chi connectivity index (χ2n) is 9.54. The number of pyridine rings is 1. The van der Waals surface area contributed by atoms with E-state index < -0.39 is 18.5 Å². The van der Waals surface area contributed by atoms with E-state index in [0.29, 0.717) is 23.3 Å². The average Bonchev–Trinajstić information content (AvgIpc) is 2.69. The first kappa shape index (κ1) is 23.9. The van der Waals surface area contributed by atoms with Crippen LogP contribution in [-0.2, 0) is 11.3 Å². The lowest BCUT2D eigenvalue weighted by Crippen LogP contribution is -2.58. The molecule has 1 aromatic carbocycles. The SMILES string of the molecule is COc1cc(NCC(=O)NCc2ccccc2)ncc1[Si](F)(C(C)(C)C)C(C)(C)C. The zero-order valence-corrected chi connectivity index (χ0v) is 20.1. The maximum atomic E-state index is 16.6. The Morgan fingerprint density at radius 1 is 1.10 bits per heavy atom. The number of nitrogens with zero attached hydrogens (tertiary/aromatic N) is 1. The molecule has 0 aliphatic heterocycles. The molecule has 5 nitrogen and oxygen atoms in total. The third-order valence-corrected chi connectivity index (χ3v) is 10.5. The fraction of sp³-hybridized carbons (Fsp3) is 0.478. The lowest BCUT2D eigenvalue weighted by Gasteiger charge is -2.45. The molecule has 0 unspecified atom stereocenters. The molecule has 0 saturated carbocycles. The molecule has 1 aromatic heterocycles. The van der Waals surface area contributed by atoms with Gasteiger partial charge in [-0.2, -0.15) is 0 Å². The molecule has 164 valence electrons. The van der Waals surface area contributed by atoms with Gasteiger partial charge in [-0.3, -0.25) is 4.79 Å². The van der Waals surface area contributed by atoms with E-state index in [0.717, 1.165) is 5.56 Å². The molecule has 2 aromatic rings. The van der Waals surface area contributed by atoms with E-state index in [4.69, 9.17) is 4.74 Å². The van der Waals surface area contributed by atoms with Gasteiger partial charge >= 0.3 is 0 Å². The molecule has 1 amide bonds. The van der Waals surface area contributed by atoms with E-state index in [9.17, 15) is 4.79 Å². The van der Waals surface area contributed by atoms with Crippen molar-refractivity contribution in [1.82, 2.24) is 10.3 Å². The summed E-state index contributed by atoms with van der Waals surface area (Å²) in [7, 11) is -1.97. The molecule has 0 saturated heterocycles. The van der Waals surface area contributed by atoms with E-state index in [1.54, 1.807) is 12.3 Å². The number of methoxy groups -OCH3 is 1. The fourth-order valence-corrected chi connectivity index (χ4v) is 8.55. The van der Waals surface area contributed by atoms with E-state index >= 15 is 4.11 Å². The first-order chi connectivity index (χ1) is 13.9. The Labute approximate surface area is 180 Å². The number of hydrogen-bond donors (Lipinski definition) is 2. The summed E-state index contributed by atoms with van der Waals surface area (Å²) in [6.07, 6.45) is 1.58. The number of carbonyl (C=O) groups excluding carboxylic acids is 1. The Morgan fingerprint density at radius 3 is 2.23 bits per heavy atom. The van der Waals surface area contributed by atoms with Crippen LogP contribution in [0, 0.1) is 0 Å². The van der Waals surface area contributed by atoms with Crippen molar-refractivity contribution in [3.63, 3.8) is 0 Å². The smallest absolute Gasteiger partial charge is 0.293 e. The molecular formula is C23H34FN3O2Si. The zero-order chi connectivity index (χ0) is 22.6. The van der Waals surface area contributed by atoms with Crippen LogP contribution in [0.5, 0.6) is 5.75 Å². The number of benzene rings is 1. The van der Waals surface area contributed by atoms with Crippen molar-refractivity contribution < 1.29 is 13.6 Å². The third kappa shape index (κ3) is 5.19. The summed E-state index contributed by atoms with van der Waals surface area (Å²) in [5, 5.41) is 5.34. The number of rotatable bonds is 7. The van der Waals surface area contributed by atoms with Gasteiger partial charge in [-0.25, -0.2) is 4.98 Å². The van der Waals surface area contributed by atoms with Crippen molar-refractivity contribution >= 4 is 25.3 Å². The molecule has 0 atom stereocenters. The van der Waals surface area contributed by atoms with Crippen molar-refractivity contribution in [1.29, 1.82) is 0 Å². The minimum Gasteiger partial charge on any atom is -0.497 e. The zero-order valence-electron chi connectivity index (χ0n) is 19.1. The summed E-state index contributed by atoms with van der Waals surface area (Å²) in [4.78, 5) is 16.5. The fourth-order valence-electron chi connectivity index (χ4n) is 3.92. The van der Waals surface area contributed by atoms with Crippen molar-refractivity contribution in [3.8, 4) is 5.75 Å². The second kappa shape index (κ2) is 9.16. The highest BCUT2D eigenvalue weighted by Crippen LogP contribution is 2.52. The molecular weight excluding hydrogens is 397 g/mol. The number of aromatic nitrogens is 1. The molecule has 0 fully saturated rings. The number of anilines is 1. The van der Waals surface area contributed by atoms with E-state index in [1.165, 1.54) is 7.11 Å². The molecule has 30 heavy (non-hydrogen) atoms. The molecule has 1 heterocycles. The van der Waals surface area contributed by atoms with Gasteiger partial charge in [0, 0.05) is 24.0 Å². The Balaban J connectivity index is 2.14. The normalized spacial score (nSPS) is 12.4. The molecule has 0 bridgehead atoms. The van der Waals surface area contributed by atoms with Crippen LogP contribution in [0.3, 0.4) is 0 Å². The van der Waals surface area contributed by atoms with Gasteiger partial charge < -0.3 is 19.5 Å².